The van der Waals surface area contributed by atoms with Gasteiger partial charge in [-0.05, 0) is 47.3 Å². The molecule has 1 aromatic carbocycles. The van der Waals surface area contributed by atoms with E-state index in [9.17, 15) is 18.4 Å². The minimum Gasteiger partial charge on any atom is -0.334 e. The Balaban J connectivity index is 1.62. The van der Waals surface area contributed by atoms with Crippen LogP contribution in [-0.4, -0.2) is 26.9 Å². The molecule has 0 saturated carbocycles. The molecule has 0 aliphatic carbocycles. The van der Waals surface area contributed by atoms with Crippen molar-refractivity contribution in [1.82, 2.24) is 14.5 Å². The number of carbonyl (C=O) groups is 1. The lowest BCUT2D eigenvalue weighted by Crippen LogP contribution is -2.39. The van der Waals surface area contributed by atoms with Gasteiger partial charge in [0, 0.05) is 48.4 Å². The number of hydrogen-bond donors (Lipinski definition) is 0. The van der Waals surface area contributed by atoms with Crippen LogP contribution >= 0.6 is 11.3 Å². The van der Waals surface area contributed by atoms with Crippen LogP contribution in [0.4, 0.5) is 8.78 Å². The predicted octanol–water partition coefficient (Wildman–Crippen LogP) is 4.50. The number of carbonyl (C=O) groups excluding carboxylic acids is 1. The van der Waals surface area contributed by atoms with Gasteiger partial charge in [0.1, 0.15) is 11.6 Å². The zero-order valence-electron chi connectivity index (χ0n) is 17.5. The van der Waals surface area contributed by atoms with E-state index in [0.29, 0.717) is 30.8 Å². The second-order valence-corrected chi connectivity index (χ2v) is 8.64. The number of pyridine rings is 2. The Bertz CT molecular complexity index is 1390. The second kappa shape index (κ2) is 8.71. The number of aromatic nitrogens is 2. The summed E-state index contributed by atoms with van der Waals surface area (Å²) in [5, 5.41) is 3.66. The van der Waals surface area contributed by atoms with E-state index in [1.807, 2.05) is 17.5 Å². The Morgan fingerprint density at radius 2 is 1.97 bits per heavy atom. The first-order valence-corrected chi connectivity index (χ1v) is 11.4. The highest BCUT2D eigenvalue weighted by Gasteiger charge is 2.27. The zero-order valence-corrected chi connectivity index (χ0v) is 18.3. The highest BCUT2D eigenvalue weighted by molar-refractivity contribution is 7.08. The number of fused-ring (bicyclic) bond motifs is 1. The van der Waals surface area contributed by atoms with Crippen molar-refractivity contribution in [2.75, 3.05) is 6.54 Å². The molecule has 0 saturated heterocycles. The third-order valence-electron chi connectivity index (χ3n) is 5.79. The first kappa shape index (κ1) is 21.2. The third kappa shape index (κ3) is 4.09. The lowest BCUT2D eigenvalue weighted by Gasteiger charge is -2.31. The molecule has 5 nitrogen and oxygen atoms in total. The van der Waals surface area contributed by atoms with Crippen molar-refractivity contribution in [3.8, 4) is 11.1 Å². The molecule has 0 bridgehead atoms. The maximum absolute atomic E-state index is 14.6. The van der Waals surface area contributed by atoms with Crippen molar-refractivity contribution in [3.63, 3.8) is 0 Å². The molecule has 33 heavy (non-hydrogen) atoms. The lowest BCUT2D eigenvalue weighted by atomic mass is 9.98. The van der Waals surface area contributed by atoms with E-state index in [0.717, 1.165) is 23.4 Å². The lowest BCUT2D eigenvalue weighted by molar-refractivity contribution is 0.0732. The molecule has 0 radical (unpaired) electrons. The summed E-state index contributed by atoms with van der Waals surface area (Å²) in [4.78, 5) is 32.4. The van der Waals surface area contributed by atoms with Gasteiger partial charge in [0.2, 0.25) is 0 Å². The van der Waals surface area contributed by atoms with Gasteiger partial charge in [-0.25, -0.2) is 8.78 Å². The van der Waals surface area contributed by atoms with Gasteiger partial charge in [-0.2, -0.15) is 11.3 Å². The molecule has 166 valence electrons. The molecule has 4 aromatic rings. The minimum absolute atomic E-state index is 0.0280. The van der Waals surface area contributed by atoms with E-state index in [1.165, 1.54) is 17.4 Å². The molecule has 0 atom stereocenters. The number of amides is 1. The molecule has 8 heteroatoms. The molecule has 3 aromatic heterocycles. The zero-order chi connectivity index (χ0) is 22.9. The van der Waals surface area contributed by atoms with Crippen LogP contribution in [0.5, 0.6) is 0 Å². The van der Waals surface area contributed by atoms with Crippen molar-refractivity contribution >= 4 is 17.2 Å². The van der Waals surface area contributed by atoms with E-state index in [2.05, 4.69) is 4.98 Å². The number of thiophene rings is 1. The van der Waals surface area contributed by atoms with Gasteiger partial charge >= 0.3 is 0 Å². The van der Waals surface area contributed by atoms with Crippen LogP contribution in [0.3, 0.4) is 0 Å². The molecule has 5 rings (SSSR count). The Morgan fingerprint density at radius 1 is 1.09 bits per heavy atom. The van der Waals surface area contributed by atoms with Crippen LogP contribution in [0.2, 0.25) is 0 Å². The van der Waals surface area contributed by atoms with Crippen molar-refractivity contribution in [2.24, 2.45) is 0 Å². The molecule has 4 heterocycles. The van der Waals surface area contributed by atoms with Gasteiger partial charge in [-0.1, -0.05) is 6.07 Å². The van der Waals surface area contributed by atoms with Crippen LogP contribution in [0.1, 0.15) is 27.3 Å². The fraction of sp³-hybridized carbons (Fsp3) is 0.160. The normalized spacial score (nSPS) is 13.1. The van der Waals surface area contributed by atoms with Gasteiger partial charge in [0.25, 0.3) is 11.5 Å². The van der Waals surface area contributed by atoms with E-state index in [-0.39, 0.29) is 29.1 Å². The summed E-state index contributed by atoms with van der Waals surface area (Å²) in [5.41, 5.74) is 2.66. The van der Waals surface area contributed by atoms with Crippen molar-refractivity contribution in [2.45, 2.75) is 19.5 Å². The summed E-state index contributed by atoms with van der Waals surface area (Å²) in [6, 6.07) is 12.0. The van der Waals surface area contributed by atoms with E-state index >= 15 is 0 Å². The van der Waals surface area contributed by atoms with E-state index in [4.69, 9.17) is 0 Å². The van der Waals surface area contributed by atoms with Gasteiger partial charge in [0.15, 0.2) is 0 Å². The fourth-order valence-electron chi connectivity index (χ4n) is 4.18. The smallest absolute Gasteiger partial charge is 0.259 e. The van der Waals surface area contributed by atoms with Crippen molar-refractivity contribution in [3.05, 3.63) is 110 Å². The second-order valence-electron chi connectivity index (χ2n) is 7.86. The van der Waals surface area contributed by atoms with Crippen LogP contribution in [0, 0.1) is 11.6 Å². The van der Waals surface area contributed by atoms with E-state index in [1.54, 1.807) is 39.2 Å². The average molecular weight is 464 g/mol. The van der Waals surface area contributed by atoms with Crippen LogP contribution in [0.25, 0.3) is 11.1 Å². The number of benzene rings is 1. The van der Waals surface area contributed by atoms with Gasteiger partial charge < -0.3 is 9.47 Å². The van der Waals surface area contributed by atoms with Gasteiger partial charge in [0.05, 0.1) is 23.4 Å². The number of hydrogen-bond acceptors (Lipinski definition) is 4. The van der Waals surface area contributed by atoms with Crippen LogP contribution in [-0.2, 0) is 19.5 Å². The Labute approximate surface area is 192 Å². The minimum atomic E-state index is -0.807. The highest BCUT2D eigenvalue weighted by atomic mass is 32.1. The monoisotopic (exact) mass is 463 g/mol. The van der Waals surface area contributed by atoms with Crippen molar-refractivity contribution in [1.29, 1.82) is 0 Å². The summed E-state index contributed by atoms with van der Waals surface area (Å²) >= 11 is 1.45. The highest BCUT2D eigenvalue weighted by Crippen LogP contribution is 2.27. The summed E-state index contributed by atoms with van der Waals surface area (Å²) in [6.07, 6.45) is 2.14. The fourth-order valence-corrected chi connectivity index (χ4v) is 4.81. The molecular formula is C25H19F2N3O2S. The Hall–Kier alpha value is -3.65. The quantitative estimate of drug-likeness (QED) is 0.448. The Kier molecular flexibility index (Phi) is 5.60. The molecule has 1 aliphatic rings. The summed E-state index contributed by atoms with van der Waals surface area (Å²) in [7, 11) is 0. The van der Waals surface area contributed by atoms with Crippen LogP contribution < -0.4 is 5.56 Å². The molecule has 0 unspecified atom stereocenters. The molecule has 1 amide bonds. The first-order valence-electron chi connectivity index (χ1n) is 10.4. The largest absolute Gasteiger partial charge is 0.334 e. The van der Waals surface area contributed by atoms with Gasteiger partial charge in [-0.15, -0.1) is 0 Å². The molecule has 1 aliphatic heterocycles. The molecule has 0 N–H and O–H groups in total. The summed E-state index contributed by atoms with van der Waals surface area (Å²) in [5.74, 6) is -1.60. The predicted molar refractivity (Wildman–Crippen MR) is 122 cm³/mol. The molecule has 0 spiro atoms. The third-order valence-corrected chi connectivity index (χ3v) is 6.48. The maximum Gasteiger partial charge on any atom is 0.259 e. The number of nitrogens with zero attached hydrogens (tertiary/aromatic N) is 3. The summed E-state index contributed by atoms with van der Waals surface area (Å²) in [6.45, 7) is 0.979. The van der Waals surface area contributed by atoms with Gasteiger partial charge in [-0.3, -0.25) is 14.6 Å². The Morgan fingerprint density at radius 3 is 2.70 bits per heavy atom. The van der Waals surface area contributed by atoms with Crippen LogP contribution in [0.15, 0.2) is 70.3 Å². The standard InChI is InChI=1S/C25H19F2N3O2S/c26-18-4-5-20(22(27)12-18)21-11-17-13-29(24(31)16-7-10-33-15-16)9-6-23(17)30(25(21)32)14-19-3-1-2-8-28-19/h1-5,7-8,10-12,15H,6,9,13-14H2. The van der Waals surface area contributed by atoms with Crippen molar-refractivity contribution < 1.29 is 13.6 Å². The molecule has 0 fully saturated rings. The summed E-state index contributed by atoms with van der Waals surface area (Å²) < 4.78 is 29.7. The topological polar surface area (TPSA) is 55.2 Å². The van der Waals surface area contributed by atoms with E-state index < -0.39 is 11.6 Å². The SMILES string of the molecule is O=C(c1ccsc1)N1CCc2c(cc(-c3ccc(F)cc3F)c(=O)n2Cc2ccccn2)C1. The number of halogens is 2. The number of rotatable bonds is 4. The maximum atomic E-state index is 14.6. The molecular weight excluding hydrogens is 444 g/mol. The first-order chi connectivity index (χ1) is 16.0. The average Bonchev–Trinajstić information content (AvgIpc) is 3.36.